The van der Waals surface area contributed by atoms with Crippen LogP contribution in [0.1, 0.15) is 55.8 Å². The Morgan fingerprint density at radius 3 is 2.60 bits per heavy atom. The first-order valence-corrected chi connectivity index (χ1v) is 7.44. The summed E-state index contributed by atoms with van der Waals surface area (Å²) >= 11 is 0. The zero-order valence-corrected chi connectivity index (χ0v) is 12.1. The number of nitrogen functional groups attached to an aromatic ring is 1. The Hall–Kier alpha value is -1.71. The van der Waals surface area contributed by atoms with Crippen molar-refractivity contribution in [3.63, 3.8) is 0 Å². The fraction of sp³-hybridized carbons (Fsp3) is 0.562. The van der Waals surface area contributed by atoms with Crippen molar-refractivity contribution in [2.24, 2.45) is 0 Å². The number of carbonyl (C=O) groups is 1. The van der Waals surface area contributed by atoms with E-state index in [0.29, 0.717) is 23.6 Å². The van der Waals surface area contributed by atoms with Crippen molar-refractivity contribution in [1.29, 1.82) is 0 Å². The van der Waals surface area contributed by atoms with Crippen molar-refractivity contribution in [2.75, 3.05) is 12.3 Å². The fourth-order valence-corrected chi connectivity index (χ4v) is 2.52. The number of esters is 1. The highest BCUT2D eigenvalue weighted by molar-refractivity contribution is 5.90. The molecule has 0 radical (unpaired) electrons. The summed E-state index contributed by atoms with van der Waals surface area (Å²) in [4.78, 5) is 11.7. The van der Waals surface area contributed by atoms with Crippen LogP contribution < -0.4 is 10.5 Å². The van der Waals surface area contributed by atoms with Gasteiger partial charge in [0.1, 0.15) is 5.75 Å². The fourth-order valence-electron chi connectivity index (χ4n) is 2.52. The molecule has 1 saturated carbocycles. The van der Waals surface area contributed by atoms with E-state index in [2.05, 4.69) is 0 Å². The van der Waals surface area contributed by atoms with Gasteiger partial charge in [-0.1, -0.05) is 12.8 Å². The van der Waals surface area contributed by atoms with E-state index in [1.165, 1.54) is 25.7 Å². The summed E-state index contributed by atoms with van der Waals surface area (Å²) in [6.45, 7) is 2.15. The molecule has 1 aliphatic rings. The molecule has 1 aliphatic carbocycles. The highest BCUT2D eigenvalue weighted by Crippen LogP contribution is 2.28. The second kappa shape index (κ2) is 7.17. The highest BCUT2D eigenvalue weighted by Gasteiger charge is 2.16. The molecule has 1 fully saturated rings. The van der Waals surface area contributed by atoms with Gasteiger partial charge >= 0.3 is 5.97 Å². The van der Waals surface area contributed by atoms with Crippen molar-refractivity contribution in [3.05, 3.63) is 23.8 Å². The molecule has 0 bridgehead atoms. The smallest absolute Gasteiger partial charge is 0.338 e. The van der Waals surface area contributed by atoms with Crippen LogP contribution in [0, 0.1) is 0 Å². The maximum Gasteiger partial charge on any atom is 0.338 e. The van der Waals surface area contributed by atoms with E-state index < -0.39 is 0 Å². The van der Waals surface area contributed by atoms with Crippen molar-refractivity contribution in [3.8, 4) is 5.75 Å². The van der Waals surface area contributed by atoms with E-state index in [1.807, 2.05) is 0 Å². The lowest BCUT2D eigenvalue weighted by Crippen LogP contribution is -2.16. The molecule has 2 rings (SSSR count). The number of ether oxygens (including phenoxy) is 2. The number of nitrogens with two attached hydrogens (primary N) is 1. The zero-order valence-electron chi connectivity index (χ0n) is 12.1. The van der Waals surface area contributed by atoms with Gasteiger partial charge in [0.25, 0.3) is 0 Å². The van der Waals surface area contributed by atoms with E-state index in [-0.39, 0.29) is 12.1 Å². The average Bonchev–Trinajstić information content (AvgIpc) is 2.70. The summed E-state index contributed by atoms with van der Waals surface area (Å²) in [6.07, 6.45) is 7.27. The van der Waals surface area contributed by atoms with Crippen LogP contribution in [-0.4, -0.2) is 18.7 Å². The topological polar surface area (TPSA) is 61.5 Å². The van der Waals surface area contributed by atoms with Gasteiger partial charge in [0.05, 0.1) is 24.0 Å². The van der Waals surface area contributed by atoms with Gasteiger partial charge in [-0.3, -0.25) is 0 Å². The number of hydrogen-bond donors (Lipinski definition) is 1. The molecular weight excluding hydrogens is 254 g/mol. The van der Waals surface area contributed by atoms with Crippen LogP contribution in [0.15, 0.2) is 18.2 Å². The Kier molecular flexibility index (Phi) is 5.27. The van der Waals surface area contributed by atoms with Gasteiger partial charge in [-0.15, -0.1) is 0 Å². The monoisotopic (exact) mass is 277 g/mol. The molecule has 20 heavy (non-hydrogen) atoms. The molecule has 0 aromatic heterocycles. The van der Waals surface area contributed by atoms with E-state index >= 15 is 0 Å². The van der Waals surface area contributed by atoms with E-state index in [4.69, 9.17) is 15.2 Å². The standard InChI is InChI=1S/C16H23NO3/c1-2-19-16(18)12-9-10-14(17)15(11-12)20-13-7-5-3-4-6-8-13/h9-11,13H,2-8,17H2,1H3. The molecule has 110 valence electrons. The molecule has 2 N–H and O–H groups in total. The summed E-state index contributed by atoms with van der Waals surface area (Å²) in [6, 6.07) is 5.07. The second-order valence-corrected chi connectivity index (χ2v) is 5.20. The summed E-state index contributed by atoms with van der Waals surface area (Å²) in [5.41, 5.74) is 7.00. The first-order valence-electron chi connectivity index (χ1n) is 7.44. The second-order valence-electron chi connectivity index (χ2n) is 5.20. The van der Waals surface area contributed by atoms with Gasteiger partial charge in [0, 0.05) is 0 Å². The SMILES string of the molecule is CCOC(=O)c1ccc(N)c(OC2CCCCCC2)c1. The highest BCUT2D eigenvalue weighted by atomic mass is 16.5. The van der Waals surface area contributed by atoms with Crippen LogP contribution in [-0.2, 0) is 4.74 Å². The minimum Gasteiger partial charge on any atom is -0.488 e. The third-order valence-corrected chi connectivity index (χ3v) is 3.62. The Balaban J connectivity index is 2.09. The quantitative estimate of drug-likeness (QED) is 0.519. The summed E-state index contributed by atoms with van der Waals surface area (Å²) < 4.78 is 11.0. The predicted molar refractivity (Wildman–Crippen MR) is 78.9 cm³/mol. The average molecular weight is 277 g/mol. The zero-order chi connectivity index (χ0) is 14.4. The third kappa shape index (κ3) is 3.89. The van der Waals surface area contributed by atoms with Gasteiger partial charge in [-0.05, 0) is 50.8 Å². The lowest BCUT2D eigenvalue weighted by atomic mass is 10.1. The van der Waals surface area contributed by atoms with Crippen molar-refractivity contribution >= 4 is 11.7 Å². The molecular formula is C16H23NO3. The largest absolute Gasteiger partial charge is 0.488 e. The first kappa shape index (κ1) is 14.7. The molecule has 4 nitrogen and oxygen atoms in total. The third-order valence-electron chi connectivity index (χ3n) is 3.62. The Morgan fingerprint density at radius 1 is 1.25 bits per heavy atom. The summed E-state index contributed by atoms with van der Waals surface area (Å²) in [5, 5.41) is 0. The molecule has 0 heterocycles. The van der Waals surface area contributed by atoms with Crippen LogP contribution >= 0.6 is 0 Å². The molecule has 0 unspecified atom stereocenters. The Labute approximate surface area is 120 Å². The minimum absolute atomic E-state index is 0.206. The van der Waals surface area contributed by atoms with Gasteiger partial charge < -0.3 is 15.2 Å². The van der Waals surface area contributed by atoms with Crippen molar-refractivity contribution in [2.45, 2.75) is 51.6 Å². The van der Waals surface area contributed by atoms with Gasteiger partial charge in [-0.25, -0.2) is 4.79 Å². The van der Waals surface area contributed by atoms with Gasteiger partial charge in [-0.2, -0.15) is 0 Å². The number of benzene rings is 1. The van der Waals surface area contributed by atoms with E-state index in [0.717, 1.165) is 12.8 Å². The lowest BCUT2D eigenvalue weighted by Gasteiger charge is -2.18. The molecule has 0 aliphatic heterocycles. The van der Waals surface area contributed by atoms with Crippen molar-refractivity contribution < 1.29 is 14.3 Å². The molecule has 0 spiro atoms. The number of carbonyl (C=O) groups excluding carboxylic acids is 1. The number of rotatable bonds is 4. The minimum atomic E-state index is -0.335. The van der Waals surface area contributed by atoms with Crippen LogP contribution in [0.4, 0.5) is 5.69 Å². The summed E-state index contributed by atoms with van der Waals surface area (Å²) in [5.74, 6) is 0.265. The van der Waals surface area contributed by atoms with E-state index in [1.54, 1.807) is 25.1 Å². The maximum atomic E-state index is 11.7. The first-order chi connectivity index (χ1) is 9.70. The molecule has 0 saturated heterocycles. The van der Waals surface area contributed by atoms with E-state index in [9.17, 15) is 4.79 Å². The molecule has 1 aromatic carbocycles. The predicted octanol–water partition coefficient (Wildman–Crippen LogP) is 3.55. The normalized spacial score (nSPS) is 16.4. The van der Waals surface area contributed by atoms with Gasteiger partial charge in [0.15, 0.2) is 0 Å². The van der Waals surface area contributed by atoms with Crippen LogP contribution in [0.2, 0.25) is 0 Å². The number of hydrogen-bond acceptors (Lipinski definition) is 4. The van der Waals surface area contributed by atoms with Crippen LogP contribution in [0.5, 0.6) is 5.75 Å². The molecule has 0 atom stereocenters. The Morgan fingerprint density at radius 2 is 1.95 bits per heavy atom. The molecule has 1 aromatic rings. The van der Waals surface area contributed by atoms with Crippen molar-refractivity contribution in [1.82, 2.24) is 0 Å². The van der Waals surface area contributed by atoms with Crippen LogP contribution in [0.3, 0.4) is 0 Å². The number of anilines is 1. The molecule has 0 amide bonds. The van der Waals surface area contributed by atoms with Crippen LogP contribution in [0.25, 0.3) is 0 Å². The lowest BCUT2D eigenvalue weighted by molar-refractivity contribution is 0.0525. The Bertz CT molecular complexity index is 451. The molecule has 4 heteroatoms. The maximum absolute atomic E-state index is 11.7. The summed E-state index contributed by atoms with van der Waals surface area (Å²) in [7, 11) is 0. The van der Waals surface area contributed by atoms with Gasteiger partial charge in [0.2, 0.25) is 0 Å².